The Hall–Kier alpha value is -1.96. The van der Waals surface area contributed by atoms with Gasteiger partial charge >= 0.3 is 0 Å². The number of rotatable bonds is 2. The molecular weight excluding hydrogens is 397 g/mol. The van der Waals surface area contributed by atoms with E-state index in [1.165, 1.54) is 17.8 Å². The molecule has 3 rings (SSSR count). The predicted octanol–water partition coefficient (Wildman–Crippen LogP) is 5.12. The third-order valence-corrected chi connectivity index (χ3v) is 8.89. The predicted molar refractivity (Wildman–Crippen MR) is 116 cm³/mol. The first-order chi connectivity index (χ1) is 12.6. The molecule has 0 aromatic carbocycles. The van der Waals surface area contributed by atoms with Crippen LogP contribution in [0, 0.1) is 38.7 Å². The number of hydrogen-bond donors (Lipinski definition) is 0. The number of nitrogens with zero attached hydrogens (tertiary/aromatic N) is 2. The van der Waals surface area contributed by atoms with Crippen LogP contribution in [-0.4, -0.2) is 0 Å². The number of thiophene rings is 2. The molecule has 0 N–H and O–H groups in total. The minimum atomic E-state index is 0.101. The van der Waals surface area contributed by atoms with E-state index in [9.17, 15) is 10.5 Å². The SMILES string of the molecule is C=CC(=C(C#N)C#N)/C(C)=c1\s/c(=c2\ccc(=C3SC=CS3)s2)cc1C. The van der Waals surface area contributed by atoms with Gasteiger partial charge in [0.1, 0.15) is 17.7 Å². The zero-order valence-corrected chi connectivity index (χ0v) is 17.5. The van der Waals surface area contributed by atoms with E-state index in [2.05, 4.69) is 42.5 Å². The molecule has 128 valence electrons. The summed E-state index contributed by atoms with van der Waals surface area (Å²) in [6.07, 6.45) is 1.59. The first-order valence-corrected chi connectivity index (χ1v) is 11.1. The average molecular weight is 411 g/mol. The van der Waals surface area contributed by atoms with Crippen molar-refractivity contribution in [3.05, 3.63) is 76.5 Å². The number of aryl methyl sites for hydroxylation is 1. The Bertz CT molecular complexity index is 1210. The van der Waals surface area contributed by atoms with Crippen molar-refractivity contribution in [1.29, 1.82) is 10.5 Å². The van der Waals surface area contributed by atoms with Crippen LogP contribution in [0.1, 0.15) is 12.5 Å². The molecule has 2 aromatic rings. The van der Waals surface area contributed by atoms with Gasteiger partial charge in [0, 0.05) is 23.7 Å². The van der Waals surface area contributed by atoms with Gasteiger partial charge in [0.2, 0.25) is 0 Å². The van der Waals surface area contributed by atoms with Gasteiger partial charge in [0.05, 0.1) is 4.24 Å². The number of thioether (sulfide) groups is 2. The van der Waals surface area contributed by atoms with Gasteiger partial charge in [-0.05, 0) is 54.0 Å². The lowest BCUT2D eigenvalue weighted by molar-refractivity contribution is 1.42. The van der Waals surface area contributed by atoms with Crippen LogP contribution >= 0.6 is 46.2 Å². The van der Waals surface area contributed by atoms with E-state index in [-0.39, 0.29) is 5.57 Å². The lowest BCUT2D eigenvalue weighted by atomic mass is 10.0. The highest BCUT2D eigenvalue weighted by atomic mass is 32.2. The summed E-state index contributed by atoms with van der Waals surface area (Å²) < 4.78 is 6.14. The summed E-state index contributed by atoms with van der Waals surface area (Å²) in [5, 5.41) is 22.6. The van der Waals surface area contributed by atoms with Crippen LogP contribution in [-0.2, 0) is 0 Å². The average Bonchev–Trinajstić information content (AvgIpc) is 3.37. The van der Waals surface area contributed by atoms with Gasteiger partial charge in [-0.1, -0.05) is 36.2 Å². The Morgan fingerprint density at radius 1 is 1.04 bits per heavy atom. The summed E-state index contributed by atoms with van der Waals surface area (Å²) in [6, 6.07) is 10.4. The Balaban J connectivity index is 2.28. The molecule has 0 saturated carbocycles. The molecule has 0 spiro atoms. The van der Waals surface area contributed by atoms with E-state index in [0.29, 0.717) is 5.57 Å². The van der Waals surface area contributed by atoms with Gasteiger partial charge < -0.3 is 0 Å². The fraction of sp³-hybridized carbons (Fsp3) is 0.100. The summed E-state index contributed by atoms with van der Waals surface area (Å²) in [5.74, 6) is 0. The van der Waals surface area contributed by atoms with E-state index < -0.39 is 0 Å². The standard InChI is InChI=1S/C20H14N2S4/c1-4-15(14(10-21)11-22)13(3)19-12(2)9-18(26-19)16-5-6-17(25-16)20-23-7-8-24-20/h4-9H,1H2,2-3H3/b18-16+,19-13-. The molecule has 0 aliphatic carbocycles. The van der Waals surface area contributed by atoms with Crippen molar-refractivity contribution in [1.82, 2.24) is 0 Å². The van der Waals surface area contributed by atoms with Crippen molar-refractivity contribution >= 4 is 56.0 Å². The minimum absolute atomic E-state index is 0.101. The Kier molecular flexibility index (Phi) is 5.90. The first kappa shape index (κ1) is 18.8. The zero-order chi connectivity index (χ0) is 18.7. The summed E-state index contributed by atoms with van der Waals surface area (Å²) in [7, 11) is 0. The Labute approximate surface area is 168 Å². The maximum atomic E-state index is 9.18. The van der Waals surface area contributed by atoms with Crippen molar-refractivity contribution in [2.45, 2.75) is 13.8 Å². The van der Waals surface area contributed by atoms with Crippen LogP contribution in [0.5, 0.6) is 0 Å². The second-order valence-corrected chi connectivity index (χ2v) is 9.65. The molecule has 1 aliphatic heterocycles. The topological polar surface area (TPSA) is 47.6 Å². The third kappa shape index (κ3) is 3.60. The van der Waals surface area contributed by atoms with E-state index in [0.717, 1.165) is 15.7 Å². The molecule has 0 atom stereocenters. The summed E-state index contributed by atoms with van der Waals surface area (Å²) >= 11 is 7.01. The van der Waals surface area contributed by atoms with Crippen LogP contribution in [0.4, 0.5) is 0 Å². The molecule has 6 heteroatoms. The minimum Gasteiger partial charge on any atom is -0.192 e. The van der Waals surface area contributed by atoms with Crippen molar-refractivity contribution < 1.29 is 0 Å². The monoisotopic (exact) mass is 410 g/mol. The first-order valence-electron chi connectivity index (χ1n) is 7.66. The summed E-state index contributed by atoms with van der Waals surface area (Å²) in [4.78, 5) is 0. The van der Waals surface area contributed by atoms with Crippen molar-refractivity contribution in [2.75, 3.05) is 0 Å². The van der Waals surface area contributed by atoms with E-state index >= 15 is 0 Å². The quantitative estimate of drug-likeness (QED) is 0.509. The number of allylic oxidation sites excluding steroid dienone is 3. The van der Waals surface area contributed by atoms with Crippen LogP contribution < -0.4 is 9.06 Å². The fourth-order valence-electron chi connectivity index (χ4n) is 2.59. The van der Waals surface area contributed by atoms with Crippen LogP contribution in [0.25, 0.3) is 9.81 Å². The van der Waals surface area contributed by atoms with Gasteiger partial charge in [-0.25, -0.2) is 0 Å². The van der Waals surface area contributed by atoms with E-state index in [4.69, 9.17) is 0 Å². The molecule has 0 amide bonds. The van der Waals surface area contributed by atoms with Crippen molar-refractivity contribution in [3.8, 4) is 12.1 Å². The maximum Gasteiger partial charge on any atom is 0.137 e. The summed E-state index contributed by atoms with van der Waals surface area (Å²) in [6.45, 7) is 7.79. The van der Waals surface area contributed by atoms with Crippen LogP contribution in [0.3, 0.4) is 0 Å². The van der Waals surface area contributed by atoms with Crippen LogP contribution in [0.15, 0.2) is 52.8 Å². The van der Waals surface area contributed by atoms with Gasteiger partial charge in [0.15, 0.2) is 0 Å². The number of nitriles is 2. The smallest absolute Gasteiger partial charge is 0.137 e. The largest absolute Gasteiger partial charge is 0.192 e. The molecule has 2 aromatic heterocycles. The van der Waals surface area contributed by atoms with Crippen LogP contribution in [0.2, 0.25) is 0 Å². The molecule has 0 bridgehead atoms. The number of hydrogen-bond acceptors (Lipinski definition) is 6. The summed E-state index contributed by atoms with van der Waals surface area (Å²) in [5.41, 5.74) is 2.78. The highest BCUT2D eigenvalue weighted by Crippen LogP contribution is 2.38. The fourth-order valence-corrected chi connectivity index (χ4v) is 6.85. The molecular formula is C20H14N2S4. The molecule has 26 heavy (non-hydrogen) atoms. The zero-order valence-electron chi connectivity index (χ0n) is 14.2. The van der Waals surface area contributed by atoms with Gasteiger partial charge in [0.25, 0.3) is 0 Å². The lowest BCUT2D eigenvalue weighted by Crippen LogP contribution is -2.03. The molecule has 0 fully saturated rings. The molecule has 2 nitrogen and oxygen atoms in total. The second kappa shape index (κ2) is 8.16. The molecule has 0 unspecified atom stereocenters. The third-order valence-electron chi connectivity index (χ3n) is 3.82. The van der Waals surface area contributed by atoms with E-state index in [1.807, 2.05) is 19.1 Å². The van der Waals surface area contributed by atoms with Gasteiger partial charge in [-0.15, -0.1) is 22.7 Å². The highest BCUT2D eigenvalue weighted by molar-refractivity contribution is 8.34. The Morgan fingerprint density at radius 2 is 1.69 bits per heavy atom. The molecule has 3 heterocycles. The maximum absolute atomic E-state index is 9.18. The molecule has 0 saturated heterocycles. The highest BCUT2D eigenvalue weighted by Gasteiger charge is 2.09. The van der Waals surface area contributed by atoms with E-state index in [1.54, 1.807) is 52.3 Å². The van der Waals surface area contributed by atoms with Crippen molar-refractivity contribution in [2.24, 2.45) is 0 Å². The molecule has 1 aliphatic rings. The normalized spacial score (nSPS) is 15.3. The molecule has 0 radical (unpaired) electrons. The van der Waals surface area contributed by atoms with Gasteiger partial charge in [-0.2, -0.15) is 10.5 Å². The lowest BCUT2D eigenvalue weighted by Gasteiger charge is -2.01. The van der Waals surface area contributed by atoms with Crippen molar-refractivity contribution in [3.63, 3.8) is 0 Å². The van der Waals surface area contributed by atoms with Gasteiger partial charge in [-0.3, -0.25) is 0 Å². The second-order valence-electron chi connectivity index (χ2n) is 5.42. The Morgan fingerprint density at radius 3 is 2.31 bits per heavy atom.